The minimum Gasteiger partial charge on any atom is -0.384 e. The normalized spacial score (nSPS) is 15.7. The van der Waals surface area contributed by atoms with Crippen molar-refractivity contribution in [2.45, 2.75) is 31.3 Å². The zero-order valence-corrected chi connectivity index (χ0v) is 11.5. The number of methoxy groups -OCH3 is 1. The molecule has 0 saturated heterocycles. The summed E-state index contributed by atoms with van der Waals surface area (Å²) in [5, 5.41) is 11.4. The second kappa shape index (κ2) is 6.51. The molecular weight excluding hydrogens is 256 g/mol. The number of carbonyl (C=O) groups is 1. The summed E-state index contributed by atoms with van der Waals surface area (Å²) in [6, 6.07) is 3.40. The van der Waals surface area contributed by atoms with Gasteiger partial charge >= 0.3 is 0 Å². The summed E-state index contributed by atoms with van der Waals surface area (Å²) < 4.78 is 5.43. The Hall–Kier alpha value is -1.90. The summed E-state index contributed by atoms with van der Waals surface area (Å²) in [5.74, 6) is 5.69. The van der Waals surface area contributed by atoms with Crippen molar-refractivity contribution < 1.29 is 14.6 Å². The molecule has 0 radical (unpaired) electrons. The quantitative estimate of drug-likeness (QED) is 0.812. The van der Waals surface area contributed by atoms with Crippen LogP contribution in [0, 0.1) is 11.8 Å². The second-order valence-electron chi connectivity index (χ2n) is 4.86. The lowest BCUT2D eigenvalue weighted by Crippen LogP contribution is -2.42. The van der Waals surface area contributed by atoms with Crippen LogP contribution in [0.25, 0.3) is 0 Å². The van der Waals surface area contributed by atoms with Gasteiger partial charge in [0.1, 0.15) is 12.4 Å². The van der Waals surface area contributed by atoms with Gasteiger partial charge in [-0.1, -0.05) is 11.8 Å². The standard InChI is InChI=1S/C15H18N2O3/c1-20-15(6-3-7-15)11-14(19)17-13-10-12(4-2-9-18)5-8-16-13/h5,8,10,18H,3,6-7,9,11H2,1H3,(H,16,17,19). The number of ether oxygens (including phenoxy) is 1. The molecule has 0 atom stereocenters. The SMILES string of the molecule is COC1(CC(=O)Nc2cc(C#CCO)ccn2)CCC1. The van der Waals surface area contributed by atoms with E-state index in [9.17, 15) is 4.79 Å². The number of hydrogen-bond donors (Lipinski definition) is 2. The largest absolute Gasteiger partial charge is 0.384 e. The van der Waals surface area contributed by atoms with Crippen molar-refractivity contribution >= 4 is 11.7 Å². The number of nitrogens with one attached hydrogen (secondary N) is 1. The first-order valence-corrected chi connectivity index (χ1v) is 6.58. The van der Waals surface area contributed by atoms with Crippen molar-refractivity contribution in [2.75, 3.05) is 19.0 Å². The Morgan fingerprint density at radius 2 is 2.40 bits per heavy atom. The third-order valence-electron chi connectivity index (χ3n) is 3.52. The van der Waals surface area contributed by atoms with E-state index in [1.807, 2.05) is 0 Å². The molecule has 1 aliphatic rings. The van der Waals surface area contributed by atoms with Gasteiger partial charge in [-0.2, -0.15) is 0 Å². The molecule has 5 nitrogen and oxygen atoms in total. The maximum Gasteiger partial charge on any atom is 0.228 e. The number of aliphatic hydroxyl groups excluding tert-OH is 1. The Kier molecular flexibility index (Phi) is 4.72. The van der Waals surface area contributed by atoms with Crippen LogP contribution in [0.2, 0.25) is 0 Å². The Labute approximate surface area is 118 Å². The summed E-state index contributed by atoms with van der Waals surface area (Å²) in [7, 11) is 1.65. The van der Waals surface area contributed by atoms with Crippen LogP contribution in [0.15, 0.2) is 18.3 Å². The molecule has 0 aliphatic heterocycles. The van der Waals surface area contributed by atoms with E-state index in [-0.39, 0.29) is 18.1 Å². The Morgan fingerprint density at radius 3 is 3.00 bits per heavy atom. The number of amides is 1. The Morgan fingerprint density at radius 1 is 1.60 bits per heavy atom. The summed E-state index contributed by atoms with van der Waals surface area (Å²) >= 11 is 0. The first kappa shape index (κ1) is 14.5. The molecule has 5 heteroatoms. The van der Waals surface area contributed by atoms with Gasteiger partial charge in [0.05, 0.1) is 12.0 Å². The fraction of sp³-hybridized carbons (Fsp3) is 0.467. The molecule has 0 bridgehead atoms. The average molecular weight is 274 g/mol. The van der Waals surface area contributed by atoms with E-state index in [0.717, 1.165) is 19.3 Å². The predicted octanol–water partition coefficient (Wildman–Crippen LogP) is 1.32. The average Bonchev–Trinajstić information content (AvgIpc) is 2.41. The zero-order valence-electron chi connectivity index (χ0n) is 11.5. The molecule has 1 aromatic rings. The highest BCUT2D eigenvalue weighted by molar-refractivity contribution is 5.90. The number of rotatable bonds is 4. The van der Waals surface area contributed by atoms with Gasteiger partial charge in [-0.15, -0.1) is 0 Å². The van der Waals surface area contributed by atoms with E-state index in [1.54, 1.807) is 25.4 Å². The third-order valence-corrected chi connectivity index (χ3v) is 3.52. The van der Waals surface area contributed by atoms with Crippen LogP contribution in [0.4, 0.5) is 5.82 Å². The Balaban J connectivity index is 1.97. The molecule has 1 fully saturated rings. The Bertz CT molecular complexity index is 536. The van der Waals surface area contributed by atoms with Crippen molar-refractivity contribution in [1.82, 2.24) is 4.98 Å². The van der Waals surface area contributed by atoms with Gasteiger partial charge in [-0.05, 0) is 31.4 Å². The number of aliphatic hydroxyl groups is 1. The molecule has 1 heterocycles. The van der Waals surface area contributed by atoms with Crippen LogP contribution in [0.3, 0.4) is 0 Å². The van der Waals surface area contributed by atoms with Crippen LogP contribution in [-0.4, -0.2) is 35.3 Å². The molecule has 2 N–H and O–H groups in total. The van der Waals surface area contributed by atoms with Gasteiger partial charge in [0, 0.05) is 18.9 Å². The van der Waals surface area contributed by atoms with Crippen molar-refractivity contribution in [3.63, 3.8) is 0 Å². The van der Waals surface area contributed by atoms with E-state index in [2.05, 4.69) is 22.1 Å². The fourth-order valence-electron chi connectivity index (χ4n) is 2.22. The number of hydrogen-bond acceptors (Lipinski definition) is 4. The molecular formula is C15H18N2O3. The van der Waals surface area contributed by atoms with Crippen LogP contribution >= 0.6 is 0 Å². The second-order valence-corrected chi connectivity index (χ2v) is 4.86. The van der Waals surface area contributed by atoms with Gasteiger partial charge in [-0.3, -0.25) is 4.79 Å². The molecule has 1 aliphatic carbocycles. The molecule has 2 rings (SSSR count). The molecule has 0 aromatic carbocycles. The van der Waals surface area contributed by atoms with Gasteiger partial charge in [-0.25, -0.2) is 4.98 Å². The third kappa shape index (κ3) is 3.56. The van der Waals surface area contributed by atoms with E-state index in [4.69, 9.17) is 9.84 Å². The van der Waals surface area contributed by atoms with Crippen LogP contribution in [0.5, 0.6) is 0 Å². The first-order valence-electron chi connectivity index (χ1n) is 6.58. The highest BCUT2D eigenvalue weighted by Crippen LogP contribution is 2.38. The van der Waals surface area contributed by atoms with Crippen LogP contribution in [-0.2, 0) is 9.53 Å². The van der Waals surface area contributed by atoms with Crippen molar-refractivity contribution in [3.8, 4) is 11.8 Å². The molecule has 0 spiro atoms. The van der Waals surface area contributed by atoms with Gasteiger partial charge in [0.15, 0.2) is 0 Å². The molecule has 1 saturated carbocycles. The van der Waals surface area contributed by atoms with Crippen LogP contribution < -0.4 is 5.32 Å². The van der Waals surface area contributed by atoms with Gasteiger partial charge in [0.2, 0.25) is 5.91 Å². The maximum absolute atomic E-state index is 12.0. The van der Waals surface area contributed by atoms with Crippen molar-refractivity contribution in [1.29, 1.82) is 0 Å². The van der Waals surface area contributed by atoms with Gasteiger partial charge < -0.3 is 15.2 Å². The first-order chi connectivity index (χ1) is 9.67. The summed E-state index contributed by atoms with van der Waals surface area (Å²) in [5.41, 5.74) is 0.410. The van der Waals surface area contributed by atoms with E-state index >= 15 is 0 Å². The van der Waals surface area contributed by atoms with Gasteiger partial charge in [0.25, 0.3) is 0 Å². The molecule has 0 unspecified atom stereocenters. The molecule has 1 aromatic heterocycles. The molecule has 106 valence electrons. The number of carbonyl (C=O) groups excluding carboxylic acids is 1. The predicted molar refractivity (Wildman–Crippen MR) is 75.0 cm³/mol. The monoisotopic (exact) mass is 274 g/mol. The number of anilines is 1. The fourth-order valence-corrected chi connectivity index (χ4v) is 2.22. The smallest absolute Gasteiger partial charge is 0.228 e. The number of aromatic nitrogens is 1. The maximum atomic E-state index is 12.0. The van der Waals surface area contributed by atoms with E-state index in [1.165, 1.54) is 0 Å². The highest BCUT2D eigenvalue weighted by atomic mass is 16.5. The number of pyridine rings is 1. The van der Waals surface area contributed by atoms with Crippen molar-refractivity contribution in [3.05, 3.63) is 23.9 Å². The summed E-state index contributed by atoms with van der Waals surface area (Å²) in [6.45, 7) is -0.194. The van der Waals surface area contributed by atoms with Crippen LogP contribution in [0.1, 0.15) is 31.2 Å². The number of nitrogens with zero attached hydrogens (tertiary/aromatic N) is 1. The minimum absolute atomic E-state index is 0.105. The molecule has 1 amide bonds. The summed E-state index contributed by atoms with van der Waals surface area (Å²) in [4.78, 5) is 16.1. The van der Waals surface area contributed by atoms with E-state index in [0.29, 0.717) is 17.8 Å². The van der Waals surface area contributed by atoms with Crippen molar-refractivity contribution in [2.24, 2.45) is 0 Å². The zero-order chi connectivity index (χ0) is 14.4. The lowest BCUT2D eigenvalue weighted by atomic mass is 9.77. The highest BCUT2D eigenvalue weighted by Gasteiger charge is 2.39. The summed E-state index contributed by atoms with van der Waals surface area (Å²) in [6.07, 6.45) is 4.87. The lowest BCUT2D eigenvalue weighted by molar-refractivity contribution is -0.129. The lowest BCUT2D eigenvalue weighted by Gasteiger charge is -2.39. The molecule has 20 heavy (non-hydrogen) atoms. The minimum atomic E-state index is -0.293. The van der Waals surface area contributed by atoms with E-state index < -0.39 is 0 Å². The topological polar surface area (TPSA) is 71.5 Å².